The van der Waals surface area contributed by atoms with E-state index in [2.05, 4.69) is 43.3 Å². The van der Waals surface area contributed by atoms with Gasteiger partial charge in [-0.25, -0.2) is 0 Å². The van der Waals surface area contributed by atoms with Gasteiger partial charge >= 0.3 is 340 Å². The van der Waals surface area contributed by atoms with E-state index in [9.17, 15) is 0 Å². The summed E-state index contributed by atoms with van der Waals surface area (Å²) >= 11 is 0.0515. The second kappa shape index (κ2) is 18.1. The Bertz CT molecular complexity index is 1670. The molecule has 4 aliphatic rings. The van der Waals surface area contributed by atoms with Gasteiger partial charge in [0.25, 0.3) is 0 Å². The molecule has 0 aliphatic carbocycles. The second-order valence-electron chi connectivity index (χ2n) is 16.1. The molecule has 306 valence electrons. The van der Waals surface area contributed by atoms with E-state index in [0.717, 1.165) is 22.0 Å². The Kier molecular flexibility index (Phi) is 13.6. The predicted octanol–water partition coefficient (Wildman–Crippen LogP) is 6.74. The standard InChI is InChI=1S/C43H58O11SeSi/c1-8-55-40-38(53-56(6,7)48-29-43-39(52-42(4,5)54-43)36-34(28-47-43)50-41(2,3)51-36)37(46-26-32-22-16-11-17-23-32)35(45-25-31-20-14-10-15-21-31)33(49-40)27-44-24-30-18-12-9-13-19-30/h9-23,33-40H,8,24-29H2,1-7H3/t33-,34-,35-,36-,37+,38-,39+,40+,43+/m1/s1. The van der Waals surface area contributed by atoms with Gasteiger partial charge in [0.05, 0.1) is 0 Å². The Morgan fingerprint density at radius 2 is 1.30 bits per heavy atom. The van der Waals surface area contributed by atoms with Crippen molar-refractivity contribution in [1.29, 1.82) is 0 Å². The van der Waals surface area contributed by atoms with Crippen LogP contribution in [0.4, 0.5) is 0 Å². The zero-order valence-electron chi connectivity index (χ0n) is 33.6. The van der Waals surface area contributed by atoms with Crippen LogP contribution < -0.4 is 0 Å². The molecule has 0 spiro atoms. The van der Waals surface area contributed by atoms with Gasteiger partial charge in [-0.15, -0.1) is 0 Å². The summed E-state index contributed by atoms with van der Waals surface area (Å²) in [5.74, 6) is -2.89. The molecule has 0 unspecified atom stereocenters. The SMILES string of the molecule is CC[Se][C@@H]1O[C@H](COCc2ccccc2)[C@@H](OCc2ccccc2)[C@H](OCc2ccccc2)[C@H]1O[Si](C)(C)OC[C@@]12OC[C@H]3OC(C)(C)O[C@H]3[C@@H]1OC(C)(C)O2. The van der Waals surface area contributed by atoms with E-state index in [1.165, 1.54) is 0 Å². The van der Waals surface area contributed by atoms with Crippen molar-refractivity contribution in [1.82, 2.24) is 0 Å². The van der Waals surface area contributed by atoms with Crippen LogP contribution in [0.5, 0.6) is 0 Å². The minimum absolute atomic E-state index is 0.0515. The molecule has 4 saturated heterocycles. The molecule has 56 heavy (non-hydrogen) atoms. The van der Waals surface area contributed by atoms with Gasteiger partial charge in [0.15, 0.2) is 0 Å². The third-order valence-electron chi connectivity index (χ3n) is 10.2. The maximum atomic E-state index is 7.21. The van der Waals surface area contributed by atoms with Crippen molar-refractivity contribution in [3.8, 4) is 0 Å². The fourth-order valence-corrected chi connectivity index (χ4v) is 11.6. The van der Waals surface area contributed by atoms with Gasteiger partial charge in [-0.3, -0.25) is 0 Å². The number of rotatable bonds is 17. The van der Waals surface area contributed by atoms with E-state index < -0.39 is 56.4 Å². The molecule has 0 amide bonds. The van der Waals surface area contributed by atoms with Gasteiger partial charge in [0.2, 0.25) is 0 Å². The summed E-state index contributed by atoms with van der Waals surface area (Å²) in [7, 11) is -3.00. The fourth-order valence-electron chi connectivity index (χ4n) is 7.81. The number of benzene rings is 3. The molecule has 4 heterocycles. The number of hydrogen-bond donors (Lipinski definition) is 0. The van der Waals surface area contributed by atoms with Gasteiger partial charge in [-0.2, -0.15) is 0 Å². The summed E-state index contributed by atoms with van der Waals surface area (Å²) in [6.45, 7) is 15.8. The molecular formula is C43H58O11SeSi. The molecule has 7 rings (SSSR count). The first kappa shape index (κ1) is 42.1. The number of ether oxygens (including phenoxy) is 9. The topological polar surface area (TPSA) is 102 Å². The Morgan fingerprint density at radius 1 is 0.714 bits per heavy atom. The van der Waals surface area contributed by atoms with Gasteiger partial charge in [-0.05, 0) is 0 Å². The summed E-state index contributed by atoms with van der Waals surface area (Å²) in [5, 5.41) is 0.693. The predicted molar refractivity (Wildman–Crippen MR) is 212 cm³/mol. The molecule has 0 bridgehead atoms. The van der Waals surface area contributed by atoms with Crippen LogP contribution in [-0.2, 0) is 71.3 Å². The quantitative estimate of drug-likeness (QED) is 0.135. The second-order valence-corrected chi connectivity index (χ2v) is 22.3. The number of hydrogen-bond acceptors (Lipinski definition) is 11. The summed E-state index contributed by atoms with van der Waals surface area (Å²) in [6, 6.07) is 30.5. The molecule has 9 atom stereocenters. The van der Waals surface area contributed by atoms with Crippen LogP contribution >= 0.6 is 0 Å². The zero-order chi connectivity index (χ0) is 39.4. The van der Waals surface area contributed by atoms with Crippen molar-refractivity contribution in [3.63, 3.8) is 0 Å². The summed E-state index contributed by atoms with van der Waals surface area (Å²) < 4.78 is 73.1. The van der Waals surface area contributed by atoms with Crippen LogP contribution in [0.25, 0.3) is 0 Å². The van der Waals surface area contributed by atoms with E-state index in [0.29, 0.717) is 26.4 Å². The monoisotopic (exact) mass is 858 g/mol. The van der Waals surface area contributed by atoms with E-state index in [1.807, 2.05) is 95.4 Å². The van der Waals surface area contributed by atoms with Gasteiger partial charge in [-0.1, -0.05) is 0 Å². The average Bonchev–Trinajstić information content (AvgIpc) is 3.66. The van der Waals surface area contributed by atoms with Crippen LogP contribution in [0.15, 0.2) is 91.0 Å². The van der Waals surface area contributed by atoms with Crippen LogP contribution in [0.2, 0.25) is 18.4 Å². The van der Waals surface area contributed by atoms with Crippen molar-refractivity contribution in [2.24, 2.45) is 0 Å². The Balaban J connectivity index is 1.14. The molecule has 3 aromatic carbocycles. The summed E-state index contributed by atoms with van der Waals surface area (Å²) in [5.41, 5.74) is 3.21. The molecular weight excluding hydrogens is 800 g/mol. The zero-order valence-corrected chi connectivity index (χ0v) is 36.3. The van der Waals surface area contributed by atoms with Gasteiger partial charge in [0, 0.05) is 0 Å². The molecule has 0 radical (unpaired) electrons. The van der Waals surface area contributed by atoms with Gasteiger partial charge in [0.1, 0.15) is 0 Å². The fraction of sp³-hybridized carbons (Fsp3) is 0.581. The first-order valence-corrected chi connectivity index (χ1v) is 24.8. The first-order chi connectivity index (χ1) is 26.8. The molecule has 0 aromatic heterocycles. The summed E-state index contributed by atoms with van der Waals surface area (Å²) in [4.78, 5) is 0. The van der Waals surface area contributed by atoms with Gasteiger partial charge < -0.3 is 0 Å². The van der Waals surface area contributed by atoms with E-state index in [1.54, 1.807) is 0 Å². The molecule has 4 fully saturated rings. The van der Waals surface area contributed by atoms with Crippen molar-refractivity contribution >= 4 is 23.5 Å². The van der Waals surface area contributed by atoms with E-state index in [-0.39, 0.29) is 45.4 Å². The maximum absolute atomic E-state index is 7.21. The van der Waals surface area contributed by atoms with Crippen molar-refractivity contribution < 1.29 is 51.5 Å². The van der Waals surface area contributed by atoms with Crippen molar-refractivity contribution in [2.75, 3.05) is 19.8 Å². The molecule has 4 aliphatic heterocycles. The van der Waals surface area contributed by atoms with Crippen LogP contribution in [-0.4, -0.2) is 108 Å². The number of fused-ring (bicyclic) bond motifs is 3. The van der Waals surface area contributed by atoms with Crippen LogP contribution in [0.1, 0.15) is 51.3 Å². The van der Waals surface area contributed by atoms with Crippen LogP contribution in [0, 0.1) is 0 Å². The Morgan fingerprint density at radius 3 is 1.91 bits per heavy atom. The summed E-state index contributed by atoms with van der Waals surface area (Å²) in [6.07, 6.45) is -3.12. The molecule has 0 N–H and O–H groups in total. The average molecular weight is 858 g/mol. The Hall–Kier alpha value is -2.04. The first-order valence-electron chi connectivity index (χ1n) is 19.7. The van der Waals surface area contributed by atoms with Crippen LogP contribution in [0.3, 0.4) is 0 Å². The Labute approximate surface area is 339 Å². The molecule has 13 heteroatoms. The molecule has 3 aromatic rings. The third kappa shape index (κ3) is 10.4. The molecule has 11 nitrogen and oxygen atoms in total. The van der Waals surface area contributed by atoms with E-state index in [4.69, 9.17) is 51.5 Å². The third-order valence-corrected chi connectivity index (χ3v) is 14.1. The van der Waals surface area contributed by atoms with Crippen molar-refractivity contribution in [2.45, 2.75) is 138 Å². The van der Waals surface area contributed by atoms with Crippen molar-refractivity contribution in [3.05, 3.63) is 108 Å². The normalized spacial score (nSPS) is 32.2. The van der Waals surface area contributed by atoms with E-state index >= 15 is 0 Å². The minimum atomic E-state index is -3.00. The molecule has 0 saturated carbocycles.